The van der Waals surface area contributed by atoms with E-state index in [4.69, 9.17) is 0 Å². The van der Waals surface area contributed by atoms with Crippen LogP contribution in [-0.4, -0.2) is 23.6 Å². The average molecular weight is 332 g/mol. The summed E-state index contributed by atoms with van der Waals surface area (Å²) in [5.74, 6) is 0.482. The lowest BCUT2D eigenvalue weighted by Gasteiger charge is -2.22. The Morgan fingerprint density at radius 2 is 2.09 bits per heavy atom. The Labute approximate surface area is 141 Å². The van der Waals surface area contributed by atoms with E-state index in [0.29, 0.717) is 6.54 Å². The number of amides is 2. The molecule has 0 aromatic heterocycles. The summed E-state index contributed by atoms with van der Waals surface area (Å²) in [5.41, 5.74) is 2.04. The highest BCUT2D eigenvalue weighted by molar-refractivity contribution is 8.00. The fourth-order valence-corrected chi connectivity index (χ4v) is 4.18. The minimum Gasteiger partial charge on any atom is -0.356 e. The van der Waals surface area contributed by atoms with Crippen LogP contribution < -0.4 is 10.6 Å². The van der Waals surface area contributed by atoms with Crippen LogP contribution in [0.25, 0.3) is 0 Å². The molecular weight excluding hydrogens is 308 g/mol. The van der Waals surface area contributed by atoms with Crippen molar-refractivity contribution in [2.45, 2.75) is 55.6 Å². The van der Waals surface area contributed by atoms with Gasteiger partial charge >= 0.3 is 0 Å². The number of rotatable bonds is 4. The van der Waals surface area contributed by atoms with Crippen LogP contribution in [0.4, 0.5) is 5.69 Å². The molecule has 0 saturated heterocycles. The highest BCUT2D eigenvalue weighted by Gasteiger charge is 2.23. The molecule has 1 aliphatic carbocycles. The van der Waals surface area contributed by atoms with Crippen molar-refractivity contribution in [3.05, 3.63) is 23.8 Å². The lowest BCUT2D eigenvalue weighted by atomic mass is 9.88. The van der Waals surface area contributed by atoms with Crippen molar-refractivity contribution in [2.24, 2.45) is 5.92 Å². The van der Waals surface area contributed by atoms with Gasteiger partial charge in [0.2, 0.25) is 11.8 Å². The molecular formula is C18H24N2O2S. The highest BCUT2D eigenvalue weighted by atomic mass is 32.2. The van der Waals surface area contributed by atoms with E-state index in [0.717, 1.165) is 35.4 Å². The molecule has 1 aromatic rings. The first-order chi connectivity index (χ1) is 11.1. The van der Waals surface area contributed by atoms with Gasteiger partial charge in [-0.25, -0.2) is 0 Å². The van der Waals surface area contributed by atoms with Gasteiger partial charge in [0.25, 0.3) is 0 Å². The van der Waals surface area contributed by atoms with E-state index in [9.17, 15) is 9.59 Å². The third kappa shape index (κ3) is 4.08. The number of carbonyl (C=O) groups is 2. The van der Waals surface area contributed by atoms with Gasteiger partial charge in [-0.1, -0.05) is 25.3 Å². The number of nitrogens with one attached hydrogen (secondary N) is 2. The third-order valence-corrected chi connectivity index (χ3v) is 5.84. The minimum absolute atomic E-state index is 0.0388. The maximum Gasteiger partial charge on any atom is 0.237 e. The smallest absolute Gasteiger partial charge is 0.237 e. The molecule has 1 saturated carbocycles. The van der Waals surface area contributed by atoms with Gasteiger partial charge in [0.15, 0.2) is 0 Å². The highest BCUT2D eigenvalue weighted by Crippen LogP contribution is 2.35. The van der Waals surface area contributed by atoms with Gasteiger partial charge in [-0.3, -0.25) is 9.59 Å². The zero-order valence-electron chi connectivity index (χ0n) is 13.6. The van der Waals surface area contributed by atoms with E-state index in [1.165, 1.54) is 19.3 Å². The molecule has 1 aliphatic heterocycles. The summed E-state index contributed by atoms with van der Waals surface area (Å²) in [7, 11) is 0. The zero-order valence-corrected chi connectivity index (χ0v) is 14.4. The molecule has 1 fully saturated rings. The molecule has 0 spiro atoms. The molecule has 2 amide bonds. The number of anilines is 1. The molecule has 2 N–H and O–H groups in total. The molecule has 5 heteroatoms. The predicted molar refractivity (Wildman–Crippen MR) is 93.7 cm³/mol. The first kappa shape index (κ1) is 16.4. The van der Waals surface area contributed by atoms with Crippen molar-refractivity contribution < 1.29 is 9.59 Å². The molecule has 1 aromatic carbocycles. The SMILES string of the molecule is CC1Sc2ccc(CCNC(=O)C3CCCCC3)cc2NC1=O. The van der Waals surface area contributed by atoms with Crippen molar-refractivity contribution in [2.75, 3.05) is 11.9 Å². The summed E-state index contributed by atoms with van der Waals surface area (Å²) in [5, 5.41) is 5.98. The van der Waals surface area contributed by atoms with Crippen LogP contribution in [0.1, 0.15) is 44.6 Å². The van der Waals surface area contributed by atoms with Crippen molar-refractivity contribution >= 4 is 29.3 Å². The van der Waals surface area contributed by atoms with Crippen LogP contribution in [0.3, 0.4) is 0 Å². The van der Waals surface area contributed by atoms with Gasteiger partial charge in [0.1, 0.15) is 0 Å². The molecule has 1 heterocycles. The standard InChI is InChI=1S/C18H24N2O2S/c1-12-17(21)20-15-11-13(7-8-16(15)23-12)9-10-19-18(22)14-5-3-2-4-6-14/h7-8,11-12,14H,2-6,9-10H2,1H3,(H,19,22)(H,20,21). The zero-order chi connectivity index (χ0) is 16.2. The van der Waals surface area contributed by atoms with Crippen LogP contribution in [0.5, 0.6) is 0 Å². The Morgan fingerprint density at radius 3 is 2.87 bits per heavy atom. The number of thioether (sulfide) groups is 1. The summed E-state index contributed by atoms with van der Waals surface area (Å²) < 4.78 is 0. The van der Waals surface area contributed by atoms with Crippen LogP contribution >= 0.6 is 11.8 Å². The van der Waals surface area contributed by atoms with E-state index in [-0.39, 0.29) is 23.0 Å². The van der Waals surface area contributed by atoms with Crippen molar-refractivity contribution in [1.29, 1.82) is 0 Å². The van der Waals surface area contributed by atoms with Crippen molar-refractivity contribution in [1.82, 2.24) is 5.32 Å². The van der Waals surface area contributed by atoms with Gasteiger partial charge in [0.05, 0.1) is 10.9 Å². The van der Waals surface area contributed by atoms with Gasteiger partial charge < -0.3 is 10.6 Å². The Bertz CT molecular complexity index is 597. The maximum atomic E-state index is 12.1. The Hall–Kier alpha value is -1.49. The lowest BCUT2D eigenvalue weighted by Crippen LogP contribution is -2.33. The second-order valence-electron chi connectivity index (χ2n) is 6.46. The normalized spacial score (nSPS) is 21.4. The van der Waals surface area contributed by atoms with Gasteiger partial charge in [-0.15, -0.1) is 11.8 Å². The summed E-state index contributed by atoms with van der Waals surface area (Å²) >= 11 is 1.59. The van der Waals surface area contributed by atoms with E-state index < -0.39 is 0 Å². The summed E-state index contributed by atoms with van der Waals surface area (Å²) in [6.07, 6.45) is 6.48. The summed E-state index contributed by atoms with van der Waals surface area (Å²) in [6.45, 7) is 2.57. The fraction of sp³-hybridized carbons (Fsp3) is 0.556. The summed E-state index contributed by atoms with van der Waals surface area (Å²) in [6, 6.07) is 6.18. The molecule has 3 rings (SSSR count). The first-order valence-corrected chi connectivity index (χ1v) is 9.39. The van der Waals surface area contributed by atoms with Crippen LogP contribution in [0.15, 0.2) is 23.1 Å². The molecule has 4 nitrogen and oxygen atoms in total. The Kier molecular flexibility index (Phi) is 5.26. The number of hydrogen-bond acceptors (Lipinski definition) is 3. The van der Waals surface area contributed by atoms with Crippen molar-refractivity contribution in [3.63, 3.8) is 0 Å². The van der Waals surface area contributed by atoms with Gasteiger partial charge in [-0.2, -0.15) is 0 Å². The van der Waals surface area contributed by atoms with E-state index in [2.05, 4.69) is 22.8 Å². The average Bonchev–Trinajstić information content (AvgIpc) is 2.57. The Balaban J connectivity index is 1.52. The topological polar surface area (TPSA) is 58.2 Å². The van der Waals surface area contributed by atoms with Crippen LogP contribution in [0.2, 0.25) is 0 Å². The number of fused-ring (bicyclic) bond motifs is 1. The number of benzene rings is 1. The predicted octanol–water partition coefficient (Wildman–Crippen LogP) is 3.36. The molecule has 124 valence electrons. The van der Waals surface area contributed by atoms with Gasteiger partial charge in [0, 0.05) is 17.4 Å². The Morgan fingerprint density at radius 1 is 1.30 bits per heavy atom. The molecule has 0 radical (unpaired) electrons. The molecule has 23 heavy (non-hydrogen) atoms. The van der Waals surface area contributed by atoms with E-state index >= 15 is 0 Å². The number of hydrogen-bond donors (Lipinski definition) is 2. The molecule has 0 bridgehead atoms. The second kappa shape index (κ2) is 7.39. The maximum absolute atomic E-state index is 12.1. The van der Waals surface area contributed by atoms with Crippen LogP contribution in [0, 0.1) is 5.92 Å². The first-order valence-electron chi connectivity index (χ1n) is 8.51. The quantitative estimate of drug-likeness (QED) is 0.889. The summed E-state index contributed by atoms with van der Waals surface area (Å²) in [4.78, 5) is 25.0. The molecule has 1 unspecified atom stereocenters. The molecule has 2 aliphatic rings. The fourth-order valence-electron chi connectivity index (χ4n) is 3.25. The molecule has 1 atom stereocenters. The van der Waals surface area contributed by atoms with Gasteiger partial charge in [-0.05, 0) is 43.9 Å². The minimum atomic E-state index is -0.0388. The van der Waals surface area contributed by atoms with E-state index in [1.54, 1.807) is 11.8 Å². The van der Waals surface area contributed by atoms with Crippen LogP contribution in [-0.2, 0) is 16.0 Å². The second-order valence-corrected chi connectivity index (χ2v) is 7.84. The monoisotopic (exact) mass is 332 g/mol. The largest absolute Gasteiger partial charge is 0.356 e. The lowest BCUT2D eigenvalue weighted by molar-refractivity contribution is -0.125. The van der Waals surface area contributed by atoms with Crippen molar-refractivity contribution in [3.8, 4) is 0 Å². The third-order valence-electron chi connectivity index (χ3n) is 4.66. The van der Waals surface area contributed by atoms with E-state index in [1.807, 2.05) is 13.0 Å². The number of carbonyl (C=O) groups excluding carboxylic acids is 2.